The summed E-state index contributed by atoms with van der Waals surface area (Å²) in [6, 6.07) is 6.83. The second-order valence-corrected chi connectivity index (χ2v) is 7.85. The monoisotopic (exact) mass is 359 g/mol. The lowest BCUT2D eigenvalue weighted by atomic mass is 10.2. The van der Waals surface area contributed by atoms with Crippen LogP contribution in [0.2, 0.25) is 0 Å². The Labute approximate surface area is 137 Å². The van der Waals surface area contributed by atoms with Gasteiger partial charge in [-0.2, -0.15) is 8.78 Å². The van der Waals surface area contributed by atoms with Gasteiger partial charge in [0, 0.05) is 4.88 Å². The molecule has 124 valence electrons. The minimum atomic E-state index is -4.79. The predicted molar refractivity (Wildman–Crippen MR) is 86.0 cm³/mol. The summed E-state index contributed by atoms with van der Waals surface area (Å²) in [5.41, 5.74) is 0.818. The maximum Gasteiger partial charge on any atom is 0.341 e. The van der Waals surface area contributed by atoms with Crippen LogP contribution in [0.15, 0.2) is 35.2 Å². The molecule has 0 saturated carbocycles. The number of amides is 1. The highest BCUT2D eigenvalue weighted by atomic mass is 32.2. The molecule has 1 amide bonds. The molecule has 0 fully saturated rings. The van der Waals surface area contributed by atoms with E-state index in [1.54, 1.807) is 6.07 Å². The summed E-state index contributed by atoms with van der Waals surface area (Å²) in [5.74, 6) is -4.06. The molecular formula is C15H15F2NO3S2. The van der Waals surface area contributed by atoms with Crippen molar-refractivity contribution < 1.29 is 22.0 Å². The van der Waals surface area contributed by atoms with Gasteiger partial charge in [0.1, 0.15) is 0 Å². The Morgan fingerprint density at radius 3 is 2.52 bits per heavy atom. The first kappa shape index (κ1) is 17.6. The first-order chi connectivity index (χ1) is 10.8. The molecule has 0 radical (unpaired) electrons. The van der Waals surface area contributed by atoms with Gasteiger partial charge in [-0.15, -0.1) is 11.3 Å². The van der Waals surface area contributed by atoms with Gasteiger partial charge in [0.05, 0.1) is 15.5 Å². The van der Waals surface area contributed by atoms with Crippen LogP contribution >= 0.6 is 11.3 Å². The van der Waals surface area contributed by atoms with Crippen LogP contribution in [0.5, 0.6) is 0 Å². The van der Waals surface area contributed by atoms with E-state index < -0.39 is 26.4 Å². The van der Waals surface area contributed by atoms with E-state index in [2.05, 4.69) is 5.32 Å². The highest BCUT2D eigenvalue weighted by Crippen LogP contribution is 2.28. The van der Waals surface area contributed by atoms with Gasteiger partial charge in [-0.05, 0) is 37.1 Å². The Morgan fingerprint density at radius 1 is 1.30 bits per heavy atom. The summed E-state index contributed by atoms with van der Waals surface area (Å²) in [6.07, 6.45) is 0.778. The second kappa shape index (κ2) is 6.76. The van der Waals surface area contributed by atoms with Gasteiger partial charge < -0.3 is 5.32 Å². The summed E-state index contributed by atoms with van der Waals surface area (Å²) in [5, 5.41) is 2.41. The molecule has 0 aliphatic heterocycles. The van der Waals surface area contributed by atoms with E-state index in [0.29, 0.717) is 4.88 Å². The lowest BCUT2D eigenvalue weighted by molar-refractivity contribution is 0.103. The molecule has 8 heteroatoms. The number of alkyl halides is 2. The first-order valence-corrected chi connectivity index (χ1v) is 9.15. The number of rotatable bonds is 5. The zero-order valence-electron chi connectivity index (χ0n) is 12.5. The van der Waals surface area contributed by atoms with Gasteiger partial charge >= 0.3 is 5.76 Å². The average molecular weight is 359 g/mol. The molecule has 0 atom stereocenters. The lowest BCUT2D eigenvalue weighted by Gasteiger charge is -2.10. The normalized spacial score (nSPS) is 11.7. The summed E-state index contributed by atoms with van der Waals surface area (Å²) in [7, 11) is -4.79. The molecule has 0 aliphatic carbocycles. The number of carbonyl (C=O) groups excluding carboxylic acids is 1. The number of para-hydroxylation sites is 1. The number of aryl methyl sites for hydroxylation is 2. The van der Waals surface area contributed by atoms with Crippen LogP contribution in [-0.4, -0.2) is 20.1 Å². The third-order valence-electron chi connectivity index (χ3n) is 3.24. The van der Waals surface area contributed by atoms with Crippen molar-refractivity contribution in [1.29, 1.82) is 0 Å². The van der Waals surface area contributed by atoms with Crippen LogP contribution in [0, 0.1) is 6.92 Å². The van der Waals surface area contributed by atoms with Crippen molar-refractivity contribution in [2.75, 3.05) is 5.32 Å². The van der Waals surface area contributed by atoms with Crippen molar-refractivity contribution in [3.63, 3.8) is 0 Å². The Kier molecular flexibility index (Phi) is 5.16. The van der Waals surface area contributed by atoms with E-state index in [1.807, 2.05) is 13.8 Å². The summed E-state index contributed by atoms with van der Waals surface area (Å²) >= 11 is 1.30. The maximum atomic E-state index is 12.7. The Morgan fingerprint density at radius 2 is 1.96 bits per heavy atom. The Hall–Kier alpha value is -1.80. The molecule has 23 heavy (non-hydrogen) atoms. The van der Waals surface area contributed by atoms with E-state index in [1.165, 1.54) is 29.5 Å². The number of benzene rings is 1. The molecule has 4 nitrogen and oxygen atoms in total. The fraction of sp³-hybridized carbons (Fsp3) is 0.267. The van der Waals surface area contributed by atoms with Gasteiger partial charge in [0.15, 0.2) is 0 Å². The van der Waals surface area contributed by atoms with Crippen molar-refractivity contribution >= 4 is 32.8 Å². The van der Waals surface area contributed by atoms with Gasteiger partial charge in [0.2, 0.25) is 9.84 Å². The van der Waals surface area contributed by atoms with Crippen LogP contribution in [0.4, 0.5) is 14.5 Å². The number of carbonyl (C=O) groups is 1. The van der Waals surface area contributed by atoms with Crippen LogP contribution < -0.4 is 5.32 Å². The third-order valence-corrected chi connectivity index (χ3v) is 6.06. The number of sulfone groups is 1. The smallest absolute Gasteiger partial charge is 0.320 e. The zero-order valence-corrected chi connectivity index (χ0v) is 14.1. The van der Waals surface area contributed by atoms with Crippen LogP contribution in [0.1, 0.15) is 27.0 Å². The lowest BCUT2D eigenvalue weighted by Crippen LogP contribution is -2.17. The van der Waals surface area contributed by atoms with Crippen LogP contribution in [0.3, 0.4) is 0 Å². The maximum absolute atomic E-state index is 12.7. The van der Waals surface area contributed by atoms with Gasteiger partial charge in [-0.1, -0.05) is 19.1 Å². The van der Waals surface area contributed by atoms with Crippen molar-refractivity contribution in [2.24, 2.45) is 0 Å². The fourth-order valence-electron chi connectivity index (χ4n) is 2.08. The van der Waals surface area contributed by atoms with Crippen LogP contribution in [0.25, 0.3) is 0 Å². The number of anilines is 1. The molecule has 1 aromatic heterocycles. The standard InChI is InChI=1S/C15H15F2NO3S2/c1-3-11-9(2)8-12(22-11)14(19)18-10-6-4-5-7-13(10)23(20,21)15(16)17/h4-8,15H,3H2,1-2H3,(H,18,19). The van der Waals surface area contributed by atoms with E-state index >= 15 is 0 Å². The number of hydrogen-bond donors (Lipinski definition) is 1. The summed E-state index contributed by atoms with van der Waals surface area (Å²) < 4.78 is 48.8. The quantitative estimate of drug-likeness (QED) is 0.881. The molecule has 0 spiro atoms. The molecule has 0 bridgehead atoms. The van der Waals surface area contributed by atoms with E-state index in [9.17, 15) is 22.0 Å². The number of halogens is 2. The van der Waals surface area contributed by atoms with Crippen molar-refractivity contribution in [1.82, 2.24) is 0 Å². The minimum absolute atomic E-state index is 0.151. The molecule has 0 saturated heterocycles. The zero-order chi connectivity index (χ0) is 17.2. The molecular weight excluding hydrogens is 344 g/mol. The van der Waals surface area contributed by atoms with Gasteiger partial charge in [-0.25, -0.2) is 8.42 Å². The molecule has 2 aromatic rings. The van der Waals surface area contributed by atoms with Gasteiger partial charge in [-0.3, -0.25) is 4.79 Å². The SMILES string of the molecule is CCc1sc(C(=O)Nc2ccccc2S(=O)(=O)C(F)F)cc1C. The third kappa shape index (κ3) is 3.59. The predicted octanol–water partition coefficient (Wildman–Crippen LogP) is 3.87. The minimum Gasteiger partial charge on any atom is -0.320 e. The van der Waals surface area contributed by atoms with Crippen molar-refractivity contribution in [2.45, 2.75) is 30.9 Å². The molecule has 1 aromatic carbocycles. The topological polar surface area (TPSA) is 63.2 Å². The fourth-order valence-corrected chi connectivity index (χ4v) is 3.98. The highest BCUT2D eigenvalue weighted by molar-refractivity contribution is 7.91. The molecule has 0 unspecified atom stereocenters. The molecule has 2 rings (SSSR count). The number of hydrogen-bond acceptors (Lipinski definition) is 4. The van der Waals surface area contributed by atoms with Crippen LogP contribution in [-0.2, 0) is 16.3 Å². The number of thiophene rings is 1. The molecule has 1 N–H and O–H groups in total. The average Bonchev–Trinajstić information content (AvgIpc) is 2.88. The van der Waals surface area contributed by atoms with Crippen molar-refractivity contribution in [3.05, 3.63) is 45.6 Å². The Bertz CT molecular complexity index is 829. The van der Waals surface area contributed by atoms with E-state index in [-0.39, 0.29) is 5.69 Å². The number of nitrogens with one attached hydrogen (secondary N) is 1. The molecule has 1 heterocycles. The largest absolute Gasteiger partial charge is 0.341 e. The van der Waals surface area contributed by atoms with E-state index in [4.69, 9.17) is 0 Å². The summed E-state index contributed by atoms with van der Waals surface area (Å²) in [6.45, 7) is 3.84. The Balaban J connectivity index is 2.35. The summed E-state index contributed by atoms with van der Waals surface area (Å²) in [4.78, 5) is 13.1. The molecule has 0 aliphatic rings. The first-order valence-electron chi connectivity index (χ1n) is 6.79. The van der Waals surface area contributed by atoms with E-state index in [0.717, 1.165) is 22.9 Å². The second-order valence-electron chi connectivity index (χ2n) is 4.83. The van der Waals surface area contributed by atoms with Gasteiger partial charge in [0.25, 0.3) is 5.91 Å². The van der Waals surface area contributed by atoms with Crippen molar-refractivity contribution in [3.8, 4) is 0 Å². The highest BCUT2D eigenvalue weighted by Gasteiger charge is 2.29.